The van der Waals surface area contributed by atoms with E-state index in [0.717, 1.165) is 68.8 Å². The van der Waals surface area contributed by atoms with Gasteiger partial charge in [0.25, 0.3) is 11.5 Å². The number of likely N-dealkylation sites (tertiary alicyclic amines) is 1. The molecule has 5 N–H and O–H groups in total. The van der Waals surface area contributed by atoms with Gasteiger partial charge >= 0.3 is 0 Å². The Kier molecular flexibility index (Phi) is 8.82. The molecule has 0 spiro atoms. The molecule has 0 radical (unpaired) electrons. The van der Waals surface area contributed by atoms with E-state index in [2.05, 4.69) is 31.9 Å². The molecule has 3 fully saturated rings. The fourth-order valence-corrected chi connectivity index (χ4v) is 6.80. The summed E-state index contributed by atoms with van der Waals surface area (Å²) in [5.74, 6) is 0.150. The number of carbonyl (C=O) groups excluding carboxylic acids is 1. The summed E-state index contributed by atoms with van der Waals surface area (Å²) in [6.07, 6.45) is 10.6. The lowest BCUT2D eigenvalue weighted by Crippen LogP contribution is -2.46. The van der Waals surface area contributed by atoms with E-state index in [1.165, 1.54) is 37.5 Å². The number of aromatic amines is 1. The normalized spacial score (nSPS) is 19.7. The molecule has 3 aliphatic rings. The number of H-pyrrole nitrogens is 1. The number of pyridine rings is 1. The van der Waals surface area contributed by atoms with Crippen LogP contribution in [0, 0.1) is 19.3 Å². The number of nitrogens with one attached hydrogen (secondary N) is 5. The number of anilines is 1. The van der Waals surface area contributed by atoms with Crippen molar-refractivity contribution in [2.45, 2.75) is 89.8 Å². The Morgan fingerprint density at radius 3 is 2.44 bits per heavy atom. The largest absolute Gasteiger partial charge is 0.382 e. The molecule has 1 aromatic heterocycles. The summed E-state index contributed by atoms with van der Waals surface area (Å²) in [4.78, 5) is 31.6. The first kappa shape index (κ1) is 27.6. The molecular formula is C31H44N6O2. The number of amides is 1. The van der Waals surface area contributed by atoms with Crippen LogP contribution in [-0.2, 0) is 6.54 Å². The third kappa shape index (κ3) is 6.44. The Labute approximate surface area is 231 Å². The standard InChI is InChI=1S/C31H44N6O2/c1-20-15-21(2)35-31(39)28(20)19-34-30(38)26-16-23(17-29(27(26)18-32)36-24-5-3-4-6-24)22-9-13-37(14-10-22)25-7-11-33-12-8-25/h15-18,22,24-25,32-33,36H,3-14,19H2,1-2H3,(H,34,38)(H,35,39). The average Bonchev–Trinajstić information content (AvgIpc) is 3.45. The molecule has 2 aliphatic heterocycles. The second-order valence-electron chi connectivity index (χ2n) is 11.7. The summed E-state index contributed by atoms with van der Waals surface area (Å²) in [6.45, 7) is 8.30. The Morgan fingerprint density at radius 2 is 1.77 bits per heavy atom. The number of hydrogen-bond donors (Lipinski definition) is 5. The van der Waals surface area contributed by atoms with Crippen molar-refractivity contribution in [2.24, 2.45) is 0 Å². The molecule has 0 unspecified atom stereocenters. The van der Waals surface area contributed by atoms with Gasteiger partial charge in [0.2, 0.25) is 0 Å². The van der Waals surface area contributed by atoms with Crippen LogP contribution >= 0.6 is 0 Å². The lowest BCUT2D eigenvalue weighted by Gasteiger charge is -2.39. The smallest absolute Gasteiger partial charge is 0.253 e. The summed E-state index contributed by atoms with van der Waals surface area (Å²) in [7, 11) is 0. The predicted molar refractivity (Wildman–Crippen MR) is 157 cm³/mol. The van der Waals surface area contributed by atoms with Crippen LogP contribution in [0.3, 0.4) is 0 Å². The number of piperidine rings is 2. The first-order valence-electron chi connectivity index (χ1n) is 14.8. The average molecular weight is 533 g/mol. The number of aromatic nitrogens is 1. The molecule has 0 bridgehead atoms. The lowest BCUT2D eigenvalue weighted by molar-refractivity contribution is 0.0950. The van der Waals surface area contributed by atoms with Crippen molar-refractivity contribution in [3.63, 3.8) is 0 Å². The zero-order valence-electron chi connectivity index (χ0n) is 23.5. The van der Waals surface area contributed by atoms with Crippen molar-refractivity contribution in [3.8, 4) is 0 Å². The van der Waals surface area contributed by atoms with E-state index in [9.17, 15) is 9.59 Å². The van der Waals surface area contributed by atoms with Crippen LogP contribution in [0.5, 0.6) is 0 Å². The molecule has 210 valence electrons. The van der Waals surface area contributed by atoms with E-state index in [4.69, 9.17) is 5.41 Å². The minimum atomic E-state index is -0.240. The molecule has 3 heterocycles. The summed E-state index contributed by atoms with van der Waals surface area (Å²) in [6, 6.07) is 7.20. The molecule has 8 heteroatoms. The van der Waals surface area contributed by atoms with Gasteiger partial charge in [-0.05, 0) is 114 Å². The molecule has 39 heavy (non-hydrogen) atoms. The molecule has 1 saturated carbocycles. The maximum atomic E-state index is 13.6. The number of nitrogens with zero attached hydrogens (tertiary/aromatic N) is 1. The molecule has 1 aliphatic carbocycles. The van der Waals surface area contributed by atoms with E-state index >= 15 is 0 Å². The van der Waals surface area contributed by atoms with Gasteiger partial charge < -0.3 is 31.2 Å². The van der Waals surface area contributed by atoms with Crippen molar-refractivity contribution in [1.82, 2.24) is 20.5 Å². The number of aryl methyl sites for hydroxylation is 2. The Hall–Kier alpha value is -2.97. The van der Waals surface area contributed by atoms with E-state index in [-0.39, 0.29) is 18.0 Å². The van der Waals surface area contributed by atoms with E-state index in [1.807, 2.05) is 26.0 Å². The van der Waals surface area contributed by atoms with Gasteiger partial charge in [0.05, 0.1) is 5.56 Å². The van der Waals surface area contributed by atoms with Crippen LogP contribution in [0.2, 0.25) is 0 Å². The molecule has 2 aromatic rings. The Balaban J connectivity index is 1.38. The Morgan fingerprint density at radius 1 is 1.05 bits per heavy atom. The van der Waals surface area contributed by atoms with Crippen LogP contribution in [0.15, 0.2) is 23.0 Å². The zero-order chi connectivity index (χ0) is 27.4. The number of rotatable bonds is 8. The third-order valence-electron chi connectivity index (χ3n) is 9.05. The third-order valence-corrected chi connectivity index (χ3v) is 9.05. The van der Waals surface area contributed by atoms with Gasteiger partial charge in [-0.15, -0.1) is 0 Å². The lowest BCUT2D eigenvalue weighted by atomic mass is 9.85. The fourth-order valence-electron chi connectivity index (χ4n) is 6.80. The maximum absolute atomic E-state index is 13.6. The van der Waals surface area contributed by atoms with Gasteiger partial charge in [-0.2, -0.15) is 0 Å². The molecule has 1 aromatic carbocycles. The molecule has 5 rings (SSSR count). The molecule has 2 saturated heterocycles. The second-order valence-corrected chi connectivity index (χ2v) is 11.7. The molecule has 8 nitrogen and oxygen atoms in total. The van der Waals surface area contributed by atoms with Gasteiger partial charge in [-0.1, -0.05) is 12.8 Å². The van der Waals surface area contributed by atoms with Crippen LogP contribution in [0.1, 0.15) is 95.6 Å². The van der Waals surface area contributed by atoms with E-state index < -0.39 is 0 Å². The highest BCUT2D eigenvalue weighted by molar-refractivity contribution is 6.05. The first-order valence-corrected chi connectivity index (χ1v) is 14.8. The minimum Gasteiger partial charge on any atom is -0.382 e. The van der Waals surface area contributed by atoms with Gasteiger partial charge in [0.15, 0.2) is 0 Å². The van der Waals surface area contributed by atoms with Gasteiger partial charge in [0, 0.05) is 47.4 Å². The summed E-state index contributed by atoms with van der Waals surface area (Å²) in [5, 5.41) is 18.4. The minimum absolute atomic E-state index is 0.155. The van der Waals surface area contributed by atoms with Gasteiger partial charge in [-0.25, -0.2) is 0 Å². The van der Waals surface area contributed by atoms with E-state index in [0.29, 0.717) is 34.7 Å². The monoisotopic (exact) mass is 532 g/mol. The summed E-state index contributed by atoms with van der Waals surface area (Å²) in [5.41, 5.74) is 5.29. The summed E-state index contributed by atoms with van der Waals surface area (Å²) < 4.78 is 0. The van der Waals surface area contributed by atoms with Crippen LogP contribution in [-0.4, -0.2) is 60.3 Å². The predicted octanol–water partition coefficient (Wildman–Crippen LogP) is 4.21. The molecule has 0 atom stereocenters. The van der Waals surface area contributed by atoms with Crippen molar-refractivity contribution in [1.29, 1.82) is 5.41 Å². The summed E-state index contributed by atoms with van der Waals surface area (Å²) >= 11 is 0. The number of benzene rings is 1. The van der Waals surface area contributed by atoms with Crippen molar-refractivity contribution in [3.05, 3.63) is 62.1 Å². The van der Waals surface area contributed by atoms with Crippen molar-refractivity contribution < 1.29 is 4.79 Å². The van der Waals surface area contributed by atoms with Crippen LogP contribution in [0.4, 0.5) is 5.69 Å². The quantitative estimate of drug-likeness (QED) is 0.327. The highest BCUT2D eigenvalue weighted by atomic mass is 16.1. The number of carbonyl (C=O) groups is 1. The highest BCUT2D eigenvalue weighted by Gasteiger charge is 2.29. The van der Waals surface area contributed by atoms with Crippen LogP contribution in [0.25, 0.3) is 0 Å². The maximum Gasteiger partial charge on any atom is 0.253 e. The highest BCUT2D eigenvalue weighted by Crippen LogP contribution is 2.35. The van der Waals surface area contributed by atoms with Crippen molar-refractivity contribution >= 4 is 17.8 Å². The van der Waals surface area contributed by atoms with Crippen LogP contribution < -0.4 is 21.5 Å². The van der Waals surface area contributed by atoms with Crippen molar-refractivity contribution in [2.75, 3.05) is 31.5 Å². The van der Waals surface area contributed by atoms with E-state index in [1.54, 1.807) is 0 Å². The molecular weight excluding hydrogens is 488 g/mol. The SMILES string of the molecule is Cc1cc(C)c(CNC(=O)c2cc(C3CCN(C4CCNCC4)CC3)cc(NC3CCCC3)c2C=N)c(=O)[nH]1. The van der Waals surface area contributed by atoms with Gasteiger partial charge in [0.1, 0.15) is 0 Å². The number of hydrogen-bond acceptors (Lipinski definition) is 6. The topological polar surface area (TPSA) is 113 Å². The first-order chi connectivity index (χ1) is 18.9. The second kappa shape index (κ2) is 12.5. The Bertz CT molecular complexity index is 1230. The fraction of sp³-hybridized carbons (Fsp3) is 0.581. The zero-order valence-corrected chi connectivity index (χ0v) is 23.5. The molecule has 1 amide bonds. The van der Waals surface area contributed by atoms with Gasteiger partial charge in [-0.3, -0.25) is 9.59 Å².